The lowest BCUT2D eigenvalue weighted by molar-refractivity contribution is -0.145. The van der Waals surface area contributed by atoms with E-state index in [1.165, 1.54) is 6.08 Å². The van der Waals surface area contributed by atoms with E-state index in [0.717, 1.165) is 31.5 Å². The van der Waals surface area contributed by atoms with Crippen LogP contribution in [0.25, 0.3) is 6.08 Å². The molecule has 0 radical (unpaired) electrons. The summed E-state index contributed by atoms with van der Waals surface area (Å²) < 4.78 is 5.42. The second kappa shape index (κ2) is 6.36. The first kappa shape index (κ1) is 12.8. The maximum absolute atomic E-state index is 11.7. The highest BCUT2D eigenvalue weighted by Crippen LogP contribution is 2.12. The predicted octanol–water partition coefficient (Wildman–Crippen LogP) is 2.34. The number of hydrogen-bond acceptors (Lipinski definition) is 3. The molecule has 1 aliphatic heterocycles. The van der Waals surface area contributed by atoms with Crippen molar-refractivity contribution >= 4 is 12.0 Å². The first-order valence-corrected chi connectivity index (χ1v) is 6.36. The van der Waals surface area contributed by atoms with E-state index in [1.807, 2.05) is 30.3 Å². The van der Waals surface area contributed by atoms with Crippen molar-refractivity contribution in [3.8, 4) is 0 Å². The third kappa shape index (κ3) is 4.00. The number of esters is 1. The van der Waals surface area contributed by atoms with Gasteiger partial charge in [0.25, 0.3) is 0 Å². The zero-order valence-electron chi connectivity index (χ0n) is 10.7. The number of rotatable bonds is 3. The molecule has 1 aromatic rings. The van der Waals surface area contributed by atoms with Crippen LogP contribution in [0.3, 0.4) is 0 Å². The van der Waals surface area contributed by atoms with E-state index >= 15 is 0 Å². The van der Waals surface area contributed by atoms with Gasteiger partial charge in [-0.2, -0.15) is 0 Å². The van der Waals surface area contributed by atoms with Crippen molar-refractivity contribution in [3.63, 3.8) is 0 Å². The van der Waals surface area contributed by atoms with Crippen molar-refractivity contribution in [2.75, 3.05) is 20.1 Å². The molecule has 0 aromatic heterocycles. The Hall–Kier alpha value is -1.61. The summed E-state index contributed by atoms with van der Waals surface area (Å²) in [6.07, 6.45) is 5.39. The topological polar surface area (TPSA) is 29.5 Å². The largest absolute Gasteiger partial charge is 0.458 e. The van der Waals surface area contributed by atoms with Crippen molar-refractivity contribution in [2.45, 2.75) is 18.9 Å². The first-order chi connectivity index (χ1) is 8.74. The number of carbonyl (C=O) groups excluding carboxylic acids is 1. The summed E-state index contributed by atoms with van der Waals surface area (Å²) in [6.45, 7) is 1.93. The Labute approximate surface area is 108 Å². The summed E-state index contributed by atoms with van der Waals surface area (Å²) in [4.78, 5) is 13.9. The average Bonchev–Trinajstić information content (AvgIpc) is 2.38. The van der Waals surface area contributed by atoms with Crippen LogP contribution < -0.4 is 0 Å². The van der Waals surface area contributed by atoms with Crippen molar-refractivity contribution in [1.29, 1.82) is 0 Å². The van der Waals surface area contributed by atoms with Crippen molar-refractivity contribution in [3.05, 3.63) is 42.0 Å². The summed E-state index contributed by atoms with van der Waals surface area (Å²) in [5.74, 6) is -0.251. The molecule has 1 fully saturated rings. The van der Waals surface area contributed by atoms with Crippen LogP contribution in [0.2, 0.25) is 0 Å². The Kier molecular flexibility index (Phi) is 4.53. The maximum Gasteiger partial charge on any atom is 0.331 e. The molecule has 3 heteroatoms. The number of ether oxygens (including phenoxy) is 1. The zero-order chi connectivity index (χ0) is 12.8. The molecular weight excluding hydrogens is 226 g/mol. The number of likely N-dealkylation sites (tertiary alicyclic amines) is 1. The first-order valence-electron chi connectivity index (χ1n) is 6.36. The van der Waals surface area contributed by atoms with Crippen LogP contribution in [0.1, 0.15) is 18.4 Å². The molecule has 1 aliphatic rings. The van der Waals surface area contributed by atoms with Crippen LogP contribution in [-0.2, 0) is 9.53 Å². The van der Waals surface area contributed by atoms with Crippen molar-refractivity contribution in [2.24, 2.45) is 0 Å². The van der Waals surface area contributed by atoms with Gasteiger partial charge in [-0.3, -0.25) is 0 Å². The minimum atomic E-state index is -0.251. The number of nitrogens with zero attached hydrogens (tertiary/aromatic N) is 1. The second-order valence-corrected chi connectivity index (χ2v) is 4.71. The lowest BCUT2D eigenvalue weighted by atomic mass is 10.1. The minimum absolute atomic E-state index is 0.0386. The molecule has 3 nitrogen and oxygen atoms in total. The summed E-state index contributed by atoms with van der Waals surface area (Å²) in [5, 5.41) is 0. The smallest absolute Gasteiger partial charge is 0.331 e. The third-order valence-corrected chi connectivity index (χ3v) is 3.08. The molecule has 96 valence electrons. The maximum atomic E-state index is 11.7. The Morgan fingerprint density at radius 3 is 2.89 bits per heavy atom. The van der Waals surface area contributed by atoms with Crippen LogP contribution in [0.5, 0.6) is 0 Å². The molecule has 0 spiro atoms. The van der Waals surface area contributed by atoms with Crippen molar-refractivity contribution in [1.82, 2.24) is 4.90 Å². The van der Waals surface area contributed by atoms with E-state index in [1.54, 1.807) is 6.08 Å². The number of hydrogen-bond donors (Lipinski definition) is 0. The monoisotopic (exact) mass is 245 g/mol. The zero-order valence-corrected chi connectivity index (χ0v) is 10.7. The fourth-order valence-electron chi connectivity index (χ4n) is 2.15. The Bertz CT molecular complexity index is 414. The number of piperidine rings is 1. The van der Waals surface area contributed by atoms with Crippen LogP contribution in [0, 0.1) is 0 Å². The van der Waals surface area contributed by atoms with Crippen LogP contribution in [0.15, 0.2) is 36.4 Å². The molecule has 1 saturated heterocycles. The fraction of sp³-hybridized carbons (Fsp3) is 0.400. The highest BCUT2D eigenvalue weighted by molar-refractivity contribution is 5.87. The van der Waals surface area contributed by atoms with Gasteiger partial charge >= 0.3 is 5.97 Å². The van der Waals surface area contributed by atoms with Gasteiger partial charge in [-0.1, -0.05) is 30.3 Å². The third-order valence-electron chi connectivity index (χ3n) is 3.08. The summed E-state index contributed by atoms with van der Waals surface area (Å²) in [5.41, 5.74) is 1.01. The lowest BCUT2D eigenvalue weighted by Crippen LogP contribution is -2.37. The van der Waals surface area contributed by atoms with Crippen molar-refractivity contribution < 1.29 is 9.53 Å². The van der Waals surface area contributed by atoms with Gasteiger partial charge in [0.05, 0.1) is 0 Å². The molecule has 0 aliphatic carbocycles. The molecule has 1 atom stereocenters. The van der Waals surface area contributed by atoms with E-state index in [2.05, 4.69) is 11.9 Å². The molecule has 18 heavy (non-hydrogen) atoms. The molecule has 0 amide bonds. The molecule has 1 unspecified atom stereocenters. The van der Waals surface area contributed by atoms with Gasteiger partial charge in [0, 0.05) is 12.6 Å². The summed E-state index contributed by atoms with van der Waals surface area (Å²) in [6, 6.07) is 9.76. The highest BCUT2D eigenvalue weighted by Gasteiger charge is 2.19. The lowest BCUT2D eigenvalue weighted by Gasteiger charge is -2.28. The Balaban J connectivity index is 1.83. The van der Waals surface area contributed by atoms with Gasteiger partial charge in [0.1, 0.15) is 6.10 Å². The van der Waals surface area contributed by atoms with Gasteiger partial charge in [0.15, 0.2) is 0 Å². The molecule has 1 aromatic carbocycles. The molecule has 0 bridgehead atoms. The number of carbonyl (C=O) groups is 1. The summed E-state index contributed by atoms with van der Waals surface area (Å²) in [7, 11) is 2.06. The Morgan fingerprint density at radius 2 is 2.17 bits per heavy atom. The van der Waals surface area contributed by atoms with Gasteiger partial charge in [-0.05, 0) is 38.1 Å². The van der Waals surface area contributed by atoms with Crippen LogP contribution in [-0.4, -0.2) is 37.1 Å². The van der Waals surface area contributed by atoms with E-state index < -0.39 is 0 Å². The van der Waals surface area contributed by atoms with Gasteiger partial charge < -0.3 is 9.64 Å². The van der Waals surface area contributed by atoms with E-state index in [9.17, 15) is 4.79 Å². The molecule has 2 rings (SSSR count). The number of likely N-dealkylation sites (N-methyl/N-ethyl adjacent to an activating group) is 1. The average molecular weight is 245 g/mol. The predicted molar refractivity (Wildman–Crippen MR) is 72.1 cm³/mol. The van der Waals surface area contributed by atoms with E-state index in [4.69, 9.17) is 4.74 Å². The van der Waals surface area contributed by atoms with Gasteiger partial charge in [-0.15, -0.1) is 0 Å². The SMILES string of the molecule is CN1CCCC(OC(=O)C=Cc2ccccc2)C1. The van der Waals surface area contributed by atoms with E-state index in [-0.39, 0.29) is 12.1 Å². The van der Waals surface area contributed by atoms with Gasteiger partial charge in [-0.25, -0.2) is 4.79 Å². The van der Waals surface area contributed by atoms with Gasteiger partial charge in [0.2, 0.25) is 0 Å². The molecule has 1 heterocycles. The summed E-state index contributed by atoms with van der Waals surface area (Å²) >= 11 is 0. The molecular formula is C15H19NO2. The Morgan fingerprint density at radius 1 is 1.39 bits per heavy atom. The normalized spacial score (nSPS) is 21.1. The highest BCUT2D eigenvalue weighted by atomic mass is 16.5. The van der Waals surface area contributed by atoms with E-state index in [0.29, 0.717) is 0 Å². The molecule has 0 N–H and O–H groups in total. The quantitative estimate of drug-likeness (QED) is 0.604. The second-order valence-electron chi connectivity index (χ2n) is 4.71. The van der Waals surface area contributed by atoms with Crippen LogP contribution in [0.4, 0.5) is 0 Å². The number of benzene rings is 1. The standard InChI is InChI=1S/C15H19NO2/c1-16-11-5-8-14(12-16)18-15(17)10-9-13-6-3-2-4-7-13/h2-4,6-7,9-10,14H,5,8,11-12H2,1H3. The minimum Gasteiger partial charge on any atom is -0.458 e. The fourth-order valence-corrected chi connectivity index (χ4v) is 2.15. The van der Waals surface area contributed by atoms with Crippen LogP contribution >= 0.6 is 0 Å². The molecule has 0 saturated carbocycles.